The van der Waals surface area contributed by atoms with Gasteiger partial charge in [-0.3, -0.25) is 4.79 Å². The molecule has 5 heteroatoms. The van der Waals surface area contributed by atoms with Gasteiger partial charge in [0, 0.05) is 23.1 Å². The summed E-state index contributed by atoms with van der Waals surface area (Å²) in [6.45, 7) is 10.5. The molecule has 0 spiro atoms. The van der Waals surface area contributed by atoms with Gasteiger partial charge >= 0.3 is 0 Å². The number of furan rings is 1. The molecule has 1 fully saturated rings. The van der Waals surface area contributed by atoms with Crippen molar-refractivity contribution in [1.29, 1.82) is 0 Å². The van der Waals surface area contributed by atoms with Gasteiger partial charge in [0.05, 0.1) is 17.4 Å². The molecule has 1 aliphatic carbocycles. The topological polar surface area (TPSA) is 46.3 Å². The quantitative estimate of drug-likeness (QED) is 0.204. The Labute approximate surface area is 242 Å². The zero-order chi connectivity index (χ0) is 27.7. The standard InChI is InChI=1S/C35H42N2O2S/c1-35(2,3)30-11-12-31-28(20-30)19-29-22-33(40-34(29)36-31)32(38)21-26(13-17-37-15-5-4-6-16-37)24-7-9-25(10-8-24)27-14-18-39-23-27/h7-10,14,18-19,22-23,26,30H,4-6,11-13,15-17,20-21H2,1-3H3/t26-,30-/m0/s1. The number of hydrogen-bond donors (Lipinski definition) is 0. The first-order chi connectivity index (χ1) is 19.3. The average Bonchev–Trinajstić information content (AvgIpc) is 3.64. The molecular formula is C35H42N2O2S. The molecule has 0 N–H and O–H groups in total. The zero-order valence-corrected chi connectivity index (χ0v) is 25.1. The molecule has 4 heterocycles. The lowest BCUT2D eigenvalue weighted by Gasteiger charge is -2.34. The van der Waals surface area contributed by atoms with Crippen LogP contribution in [0.5, 0.6) is 0 Å². The van der Waals surface area contributed by atoms with Crippen LogP contribution in [0.3, 0.4) is 0 Å². The minimum Gasteiger partial charge on any atom is -0.472 e. The van der Waals surface area contributed by atoms with E-state index in [9.17, 15) is 4.79 Å². The molecule has 2 atom stereocenters. The van der Waals surface area contributed by atoms with E-state index in [4.69, 9.17) is 9.40 Å². The number of aromatic nitrogens is 1. The molecule has 0 unspecified atom stereocenters. The molecular weight excluding hydrogens is 512 g/mol. The van der Waals surface area contributed by atoms with E-state index < -0.39 is 0 Å². The molecule has 40 heavy (non-hydrogen) atoms. The van der Waals surface area contributed by atoms with Crippen LogP contribution in [-0.4, -0.2) is 35.3 Å². The Bertz CT molecular complexity index is 1440. The van der Waals surface area contributed by atoms with Gasteiger partial charge in [0.25, 0.3) is 0 Å². The lowest BCUT2D eigenvalue weighted by molar-refractivity contribution is 0.0973. The van der Waals surface area contributed by atoms with E-state index in [1.807, 2.05) is 6.07 Å². The highest BCUT2D eigenvalue weighted by atomic mass is 32.1. The number of nitrogens with zero attached hydrogens (tertiary/aromatic N) is 2. The van der Waals surface area contributed by atoms with Crippen LogP contribution >= 0.6 is 11.3 Å². The lowest BCUT2D eigenvalue weighted by atomic mass is 9.71. The Balaban J connectivity index is 1.21. The van der Waals surface area contributed by atoms with Gasteiger partial charge < -0.3 is 9.32 Å². The molecule has 1 aliphatic heterocycles. The minimum atomic E-state index is 0.201. The summed E-state index contributed by atoms with van der Waals surface area (Å²) in [6, 6.07) is 15.2. The van der Waals surface area contributed by atoms with E-state index in [0.29, 0.717) is 17.8 Å². The van der Waals surface area contributed by atoms with Crippen molar-refractivity contribution in [3.63, 3.8) is 0 Å². The number of thiophene rings is 1. The number of carbonyl (C=O) groups is 1. The summed E-state index contributed by atoms with van der Waals surface area (Å²) in [7, 11) is 0. The Kier molecular flexibility index (Phi) is 7.96. The summed E-state index contributed by atoms with van der Waals surface area (Å²) in [5, 5.41) is 1.14. The van der Waals surface area contributed by atoms with Crippen LogP contribution in [0.15, 0.2) is 59.4 Å². The molecule has 1 saturated heterocycles. The first kappa shape index (κ1) is 27.4. The number of piperidine rings is 1. The minimum absolute atomic E-state index is 0.201. The first-order valence-corrected chi connectivity index (χ1v) is 16.0. The third-order valence-corrected chi connectivity index (χ3v) is 10.4. The van der Waals surface area contributed by atoms with Crippen LogP contribution < -0.4 is 0 Å². The third-order valence-electron chi connectivity index (χ3n) is 9.28. The van der Waals surface area contributed by atoms with Crippen molar-refractivity contribution < 1.29 is 9.21 Å². The highest BCUT2D eigenvalue weighted by molar-refractivity contribution is 7.20. The van der Waals surface area contributed by atoms with Crippen molar-refractivity contribution in [1.82, 2.24) is 9.88 Å². The van der Waals surface area contributed by atoms with Crippen LogP contribution in [0, 0.1) is 11.3 Å². The number of Topliss-reactive ketones (excluding diaryl/α,β-unsaturated/α-hetero) is 1. The summed E-state index contributed by atoms with van der Waals surface area (Å²) in [6.07, 6.45) is 12.3. The number of rotatable bonds is 8. The summed E-state index contributed by atoms with van der Waals surface area (Å²) < 4.78 is 5.28. The van der Waals surface area contributed by atoms with Crippen molar-refractivity contribution in [2.24, 2.45) is 11.3 Å². The highest BCUT2D eigenvalue weighted by Gasteiger charge is 2.30. The van der Waals surface area contributed by atoms with Crippen molar-refractivity contribution >= 4 is 27.3 Å². The predicted molar refractivity (Wildman–Crippen MR) is 165 cm³/mol. The number of likely N-dealkylation sites (tertiary alicyclic amines) is 1. The van der Waals surface area contributed by atoms with Crippen LogP contribution in [0.1, 0.15) is 91.7 Å². The van der Waals surface area contributed by atoms with Gasteiger partial charge in [-0.05, 0) is 110 Å². The first-order valence-electron chi connectivity index (χ1n) is 15.1. The fourth-order valence-electron chi connectivity index (χ4n) is 6.61. The largest absolute Gasteiger partial charge is 0.472 e. The molecule has 210 valence electrons. The van der Waals surface area contributed by atoms with E-state index in [1.165, 1.54) is 55.6 Å². The fourth-order valence-corrected chi connectivity index (χ4v) is 7.59. The van der Waals surface area contributed by atoms with E-state index in [0.717, 1.165) is 52.0 Å². The summed E-state index contributed by atoms with van der Waals surface area (Å²) in [4.78, 5) is 23.3. The van der Waals surface area contributed by atoms with Gasteiger partial charge in [-0.25, -0.2) is 4.98 Å². The Hall–Kier alpha value is -2.76. The second kappa shape index (κ2) is 11.6. The normalized spacial score (nSPS) is 19.0. The predicted octanol–water partition coefficient (Wildman–Crippen LogP) is 8.94. The van der Waals surface area contributed by atoms with Crippen molar-refractivity contribution in [3.8, 4) is 11.1 Å². The van der Waals surface area contributed by atoms with Gasteiger partial charge in [-0.1, -0.05) is 51.5 Å². The Morgan fingerprint density at radius 3 is 2.60 bits per heavy atom. The van der Waals surface area contributed by atoms with Crippen LogP contribution in [0.4, 0.5) is 0 Å². The number of aryl methyl sites for hydroxylation is 1. The number of carbonyl (C=O) groups excluding carboxylic acids is 1. The van der Waals surface area contributed by atoms with E-state index in [2.05, 4.69) is 62.1 Å². The Morgan fingerprint density at radius 1 is 1.07 bits per heavy atom. The fraction of sp³-hybridized carbons (Fsp3) is 0.486. The third kappa shape index (κ3) is 6.11. The van der Waals surface area contributed by atoms with Gasteiger partial charge in [0.1, 0.15) is 4.83 Å². The molecule has 4 aromatic rings. The molecule has 0 saturated carbocycles. The van der Waals surface area contributed by atoms with E-state index in [-0.39, 0.29) is 11.7 Å². The number of hydrogen-bond acceptors (Lipinski definition) is 5. The molecule has 0 amide bonds. The maximum atomic E-state index is 13.8. The molecule has 4 nitrogen and oxygen atoms in total. The molecule has 2 aliphatic rings. The SMILES string of the molecule is CC(C)(C)[C@H]1CCc2nc3sc(C(=O)C[C@H](CCN4CCCCC4)c4ccc(-c5ccoc5)cc4)cc3cc2C1. The van der Waals surface area contributed by atoms with Crippen molar-refractivity contribution in [3.05, 3.63) is 76.7 Å². The van der Waals surface area contributed by atoms with Crippen molar-refractivity contribution in [2.75, 3.05) is 19.6 Å². The number of fused-ring (bicyclic) bond motifs is 2. The number of ketones is 1. The lowest BCUT2D eigenvalue weighted by Crippen LogP contribution is -2.31. The molecule has 0 radical (unpaired) electrons. The van der Waals surface area contributed by atoms with E-state index >= 15 is 0 Å². The van der Waals surface area contributed by atoms with Crippen molar-refractivity contribution in [2.45, 2.75) is 78.1 Å². The van der Waals surface area contributed by atoms with E-state index in [1.54, 1.807) is 23.9 Å². The molecule has 0 bridgehead atoms. The van der Waals surface area contributed by atoms with Crippen LogP contribution in [0.25, 0.3) is 21.3 Å². The Morgan fingerprint density at radius 2 is 1.88 bits per heavy atom. The smallest absolute Gasteiger partial charge is 0.173 e. The van der Waals surface area contributed by atoms with Gasteiger partial charge in [-0.15, -0.1) is 11.3 Å². The zero-order valence-electron chi connectivity index (χ0n) is 24.2. The van der Waals surface area contributed by atoms with Crippen LogP contribution in [-0.2, 0) is 12.8 Å². The number of pyridine rings is 1. The van der Waals surface area contributed by atoms with Gasteiger partial charge in [0.2, 0.25) is 0 Å². The second-order valence-corrected chi connectivity index (χ2v) is 14.1. The number of benzene rings is 1. The van der Waals surface area contributed by atoms with Gasteiger partial charge in [0.15, 0.2) is 5.78 Å². The molecule has 1 aromatic carbocycles. The van der Waals surface area contributed by atoms with Crippen LogP contribution in [0.2, 0.25) is 0 Å². The summed E-state index contributed by atoms with van der Waals surface area (Å²) in [5.74, 6) is 1.13. The highest BCUT2D eigenvalue weighted by Crippen LogP contribution is 2.39. The maximum absolute atomic E-state index is 13.8. The second-order valence-electron chi connectivity index (χ2n) is 13.1. The summed E-state index contributed by atoms with van der Waals surface area (Å²) >= 11 is 1.59. The monoisotopic (exact) mass is 554 g/mol. The molecule has 3 aromatic heterocycles. The molecule has 6 rings (SSSR count). The maximum Gasteiger partial charge on any atom is 0.173 e. The average molecular weight is 555 g/mol. The van der Waals surface area contributed by atoms with Gasteiger partial charge in [-0.2, -0.15) is 0 Å². The summed E-state index contributed by atoms with van der Waals surface area (Å²) in [5.41, 5.74) is 6.41.